The fourth-order valence-electron chi connectivity index (χ4n) is 3.88. The maximum absolute atomic E-state index is 5.38. The van der Waals surface area contributed by atoms with Gasteiger partial charge in [0.05, 0.1) is 7.11 Å². The van der Waals surface area contributed by atoms with E-state index in [0.717, 1.165) is 24.8 Å². The lowest BCUT2D eigenvalue weighted by Gasteiger charge is -2.46. The van der Waals surface area contributed by atoms with Crippen LogP contribution in [0.3, 0.4) is 0 Å². The van der Waals surface area contributed by atoms with Crippen LogP contribution in [0.4, 0.5) is 0 Å². The molecule has 1 saturated carbocycles. The second-order valence-corrected chi connectivity index (χ2v) is 6.46. The average Bonchev–Trinajstić information content (AvgIpc) is 2.45. The van der Waals surface area contributed by atoms with Crippen LogP contribution in [-0.2, 0) is 6.42 Å². The van der Waals surface area contributed by atoms with Gasteiger partial charge < -0.3 is 10.1 Å². The molecule has 3 heteroatoms. The van der Waals surface area contributed by atoms with Crippen LogP contribution in [0.1, 0.15) is 49.8 Å². The predicted octanol–water partition coefficient (Wildman–Crippen LogP) is 3.14. The quantitative estimate of drug-likeness (QED) is 0.901. The zero-order chi connectivity index (χ0) is 14.8. The molecule has 0 heterocycles. The summed E-state index contributed by atoms with van der Waals surface area (Å²) in [5.74, 6) is 0.981. The van der Waals surface area contributed by atoms with Gasteiger partial charge in [-0.25, -0.2) is 0 Å². The Morgan fingerprint density at radius 1 is 1.29 bits per heavy atom. The molecule has 0 spiro atoms. The molecule has 0 aliphatic heterocycles. The first-order chi connectivity index (χ1) is 10.2. The molecular formula is C18H28N2O. The van der Waals surface area contributed by atoms with Gasteiger partial charge in [0.15, 0.2) is 0 Å². The Bertz CT molecular complexity index is 484. The Morgan fingerprint density at radius 3 is 2.71 bits per heavy atom. The van der Waals surface area contributed by atoms with Crippen molar-refractivity contribution in [2.45, 2.75) is 57.2 Å². The van der Waals surface area contributed by atoms with Crippen molar-refractivity contribution in [2.75, 3.05) is 20.7 Å². The van der Waals surface area contributed by atoms with Crippen molar-refractivity contribution in [2.24, 2.45) is 0 Å². The maximum atomic E-state index is 5.38. The summed E-state index contributed by atoms with van der Waals surface area (Å²) in [4.78, 5) is 2.64. The second-order valence-electron chi connectivity index (χ2n) is 6.46. The minimum atomic E-state index is 0.454. The zero-order valence-corrected chi connectivity index (χ0v) is 13.6. The second kappa shape index (κ2) is 6.37. The van der Waals surface area contributed by atoms with Crippen LogP contribution in [0.25, 0.3) is 0 Å². The molecule has 3 rings (SSSR count). The lowest BCUT2D eigenvalue weighted by atomic mass is 9.81. The third-order valence-electron chi connectivity index (χ3n) is 5.38. The number of nitrogens with zero attached hydrogens (tertiary/aromatic N) is 1. The van der Waals surface area contributed by atoms with Crippen LogP contribution in [0, 0.1) is 0 Å². The van der Waals surface area contributed by atoms with Crippen molar-refractivity contribution in [3.05, 3.63) is 29.3 Å². The van der Waals surface area contributed by atoms with Gasteiger partial charge in [-0.15, -0.1) is 0 Å². The van der Waals surface area contributed by atoms with Crippen molar-refractivity contribution in [3.63, 3.8) is 0 Å². The third kappa shape index (κ3) is 2.82. The molecule has 21 heavy (non-hydrogen) atoms. The van der Waals surface area contributed by atoms with Gasteiger partial charge in [0.25, 0.3) is 0 Å². The topological polar surface area (TPSA) is 24.5 Å². The standard InChI is InChI=1S/C18H28N2O/c1-4-19-18-16-10-9-15(21-3)12-13(16)8-11-17(18)20(2)14-6-5-7-14/h9-10,12,14,17-19H,4-8,11H2,1-3H3. The Labute approximate surface area is 128 Å². The molecule has 0 amide bonds. The van der Waals surface area contributed by atoms with Gasteiger partial charge in [0.1, 0.15) is 5.75 Å². The highest BCUT2D eigenvalue weighted by Gasteiger charge is 2.36. The molecule has 116 valence electrons. The summed E-state index contributed by atoms with van der Waals surface area (Å²) in [6.45, 7) is 3.23. The summed E-state index contributed by atoms with van der Waals surface area (Å²) in [6, 6.07) is 8.47. The minimum absolute atomic E-state index is 0.454. The molecule has 0 bridgehead atoms. The molecule has 3 nitrogen and oxygen atoms in total. The first kappa shape index (κ1) is 14.9. The molecule has 1 N–H and O–H groups in total. The molecule has 0 aromatic heterocycles. The molecule has 2 aliphatic rings. The lowest BCUT2D eigenvalue weighted by Crippen LogP contribution is -2.51. The number of ether oxygens (including phenoxy) is 1. The number of nitrogens with one attached hydrogen (secondary N) is 1. The van der Waals surface area contributed by atoms with E-state index in [4.69, 9.17) is 4.74 Å². The van der Waals surface area contributed by atoms with Crippen LogP contribution >= 0.6 is 0 Å². The van der Waals surface area contributed by atoms with E-state index >= 15 is 0 Å². The number of methoxy groups -OCH3 is 1. The highest BCUT2D eigenvalue weighted by Crippen LogP contribution is 2.37. The summed E-state index contributed by atoms with van der Waals surface area (Å²) in [7, 11) is 4.08. The largest absolute Gasteiger partial charge is 0.497 e. The summed E-state index contributed by atoms with van der Waals surface area (Å²) in [5, 5.41) is 3.73. The molecule has 1 fully saturated rings. The van der Waals surface area contributed by atoms with Crippen LogP contribution < -0.4 is 10.1 Å². The highest BCUT2D eigenvalue weighted by atomic mass is 16.5. The van der Waals surface area contributed by atoms with Gasteiger partial charge >= 0.3 is 0 Å². The van der Waals surface area contributed by atoms with E-state index in [-0.39, 0.29) is 0 Å². The van der Waals surface area contributed by atoms with E-state index in [9.17, 15) is 0 Å². The highest BCUT2D eigenvalue weighted by molar-refractivity contribution is 5.40. The monoisotopic (exact) mass is 288 g/mol. The van der Waals surface area contributed by atoms with Crippen molar-refractivity contribution >= 4 is 0 Å². The number of hydrogen-bond donors (Lipinski definition) is 1. The van der Waals surface area contributed by atoms with E-state index in [0.29, 0.717) is 12.1 Å². The number of fused-ring (bicyclic) bond motifs is 1. The number of rotatable bonds is 5. The summed E-state index contributed by atoms with van der Waals surface area (Å²) < 4.78 is 5.38. The molecule has 0 radical (unpaired) electrons. The lowest BCUT2D eigenvalue weighted by molar-refractivity contribution is 0.0776. The minimum Gasteiger partial charge on any atom is -0.497 e. The van der Waals surface area contributed by atoms with Crippen LogP contribution in [0.5, 0.6) is 5.75 Å². The number of benzene rings is 1. The number of aryl methyl sites for hydroxylation is 1. The van der Waals surface area contributed by atoms with Gasteiger partial charge in [0.2, 0.25) is 0 Å². The predicted molar refractivity (Wildman–Crippen MR) is 86.9 cm³/mol. The molecule has 2 aliphatic carbocycles. The summed E-state index contributed by atoms with van der Waals surface area (Å²) in [5.41, 5.74) is 2.93. The molecule has 2 unspecified atom stereocenters. The van der Waals surface area contributed by atoms with E-state index in [1.165, 1.54) is 36.8 Å². The van der Waals surface area contributed by atoms with Gasteiger partial charge in [-0.2, -0.15) is 0 Å². The first-order valence-corrected chi connectivity index (χ1v) is 8.36. The Hall–Kier alpha value is -1.06. The Kier molecular flexibility index (Phi) is 4.51. The van der Waals surface area contributed by atoms with E-state index in [1.807, 2.05) is 0 Å². The van der Waals surface area contributed by atoms with E-state index in [1.54, 1.807) is 7.11 Å². The van der Waals surface area contributed by atoms with Crippen LogP contribution in [-0.4, -0.2) is 37.7 Å². The fourth-order valence-corrected chi connectivity index (χ4v) is 3.88. The summed E-state index contributed by atoms with van der Waals surface area (Å²) >= 11 is 0. The molecule has 1 aromatic carbocycles. The van der Waals surface area contributed by atoms with Gasteiger partial charge in [0, 0.05) is 18.1 Å². The van der Waals surface area contributed by atoms with E-state index < -0.39 is 0 Å². The zero-order valence-electron chi connectivity index (χ0n) is 13.6. The van der Waals surface area contributed by atoms with Crippen molar-refractivity contribution in [3.8, 4) is 5.75 Å². The number of likely N-dealkylation sites (N-methyl/N-ethyl adjacent to an activating group) is 2. The van der Waals surface area contributed by atoms with Crippen molar-refractivity contribution < 1.29 is 4.74 Å². The Morgan fingerprint density at radius 2 is 2.10 bits per heavy atom. The molecule has 1 aromatic rings. The van der Waals surface area contributed by atoms with Crippen molar-refractivity contribution in [1.82, 2.24) is 10.2 Å². The normalized spacial score (nSPS) is 25.5. The third-order valence-corrected chi connectivity index (χ3v) is 5.38. The van der Waals surface area contributed by atoms with Gasteiger partial charge in [-0.05, 0) is 62.5 Å². The maximum Gasteiger partial charge on any atom is 0.119 e. The first-order valence-electron chi connectivity index (χ1n) is 8.36. The summed E-state index contributed by atoms with van der Waals surface area (Å²) in [6.07, 6.45) is 6.56. The molecule has 0 saturated heterocycles. The fraction of sp³-hybridized carbons (Fsp3) is 0.667. The average molecular weight is 288 g/mol. The SMILES string of the molecule is CCNC1c2ccc(OC)cc2CCC1N(C)C1CCC1. The Balaban J connectivity index is 1.86. The van der Waals surface area contributed by atoms with Crippen LogP contribution in [0.2, 0.25) is 0 Å². The van der Waals surface area contributed by atoms with E-state index in [2.05, 4.69) is 42.4 Å². The van der Waals surface area contributed by atoms with Gasteiger partial charge in [-0.3, -0.25) is 4.90 Å². The van der Waals surface area contributed by atoms with Gasteiger partial charge in [-0.1, -0.05) is 19.4 Å². The number of hydrogen-bond acceptors (Lipinski definition) is 3. The smallest absolute Gasteiger partial charge is 0.119 e. The van der Waals surface area contributed by atoms with Crippen molar-refractivity contribution in [1.29, 1.82) is 0 Å². The molecular weight excluding hydrogens is 260 g/mol. The molecule has 2 atom stereocenters. The van der Waals surface area contributed by atoms with Crippen LogP contribution in [0.15, 0.2) is 18.2 Å².